The number of hydrogen-bond acceptors (Lipinski definition) is 4. The van der Waals surface area contributed by atoms with Crippen molar-refractivity contribution in [2.24, 2.45) is 5.41 Å². The molecule has 2 heterocycles. The van der Waals surface area contributed by atoms with E-state index in [2.05, 4.69) is 21.9 Å². The first-order valence-corrected chi connectivity index (χ1v) is 8.16. The lowest BCUT2D eigenvalue weighted by Crippen LogP contribution is -2.42. The third-order valence-corrected chi connectivity index (χ3v) is 5.04. The molecule has 1 saturated heterocycles. The van der Waals surface area contributed by atoms with Gasteiger partial charge in [0.05, 0.1) is 6.33 Å². The molecule has 0 aliphatic carbocycles. The maximum absolute atomic E-state index is 12.1. The number of sulfonamides is 1. The standard InChI is InChI=1S/C12H22N4O2S.ClH/c1-3-16-8-11(14-10-16)19(17,18)15-9-12(2)4-6-13-7-5-12;/h8,10,13,15H,3-7,9H2,1-2H3;1H. The molecule has 1 aliphatic rings. The summed E-state index contributed by atoms with van der Waals surface area (Å²) in [6, 6.07) is 0. The number of piperidine rings is 1. The highest BCUT2D eigenvalue weighted by atomic mass is 35.5. The monoisotopic (exact) mass is 322 g/mol. The lowest BCUT2D eigenvalue weighted by molar-refractivity contribution is 0.232. The number of halogens is 1. The molecule has 0 radical (unpaired) electrons. The van der Waals surface area contributed by atoms with Crippen molar-refractivity contribution in [2.45, 2.75) is 38.3 Å². The number of aromatic nitrogens is 2. The van der Waals surface area contributed by atoms with Gasteiger partial charge in [0.25, 0.3) is 10.0 Å². The largest absolute Gasteiger partial charge is 0.336 e. The smallest absolute Gasteiger partial charge is 0.259 e. The van der Waals surface area contributed by atoms with Crippen LogP contribution in [0.4, 0.5) is 0 Å². The summed E-state index contributed by atoms with van der Waals surface area (Å²) in [5.74, 6) is 0. The van der Waals surface area contributed by atoms with Gasteiger partial charge in [0.15, 0.2) is 5.03 Å². The van der Waals surface area contributed by atoms with E-state index < -0.39 is 10.0 Å². The van der Waals surface area contributed by atoms with E-state index in [-0.39, 0.29) is 22.8 Å². The second kappa shape index (κ2) is 6.89. The minimum absolute atomic E-state index is 0. The van der Waals surface area contributed by atoms with E-state index in [0.717, 1.165) is 25.9 Å². The van der Waals surface area contributed by atoms with E-state index >= 15 is 0 Å². The minimum atomic E-state index is -3.49. The van der Waals surface area contributed by atoms with Crippen LogP contribution in [-0.2, 0) is 16.6 Å². The molecular weight excluding hydrogens is 300 g/mol. The molecule has 0 unspecified atom stereocenters. The van der Waals surface area contributed by atoms with E-state index in [9.17, 15) is 8.42 Å². The molecule has 1 aromatic rings. The SMILES string of the molecule is CCn1cnc(S(=O)(=O)NCC2(C)CCNCC2)c1.Cl. The normalized spacial score (nSPS) is 18.5. The van der Waals surface area contributed by atoms with Crippen molar-refractivity contribution in [3.63, 3.8) is 0 Å². The van der Waals surface area contributed by atoms with Gasteiger partial charge < -0.3 is 9.88 Å². The summed E-state index contributed by atoms with van der Waals surface area (Å²) < 4.78 is 28.7. The second-order valence-electron chi connectivity index (χ2n) is 5.43. The van der Waals surface area contributed by atoms with Crippen molar-refractivity contribution in [1.82, 2.24) is 19.6 Å². The van der Waals surface area contributed by atoms with Crippen LogP contribution >= 0.6 is 12.4 Å². The third-order valence-electron chi connectivity index (χ3n) is 3.75. The van der Waals surface area contributed by atoms with Crippen LogP contribution in [0.2, 0.25) is 0 Å². The lowest BCUT2D eigenvalue weighted by Gasteiger charge is -2.33. The fourth-order valence-electron chi connectivity index (χ4n) is 2.20. The fourth-order valence-corrected chi connectivity index (χ4v) is 3.35. The predicted octanol–water partition coefficient (Wildman–Crippen LogP) is 0.993. The number of hydrogen-bond donors (Lipinski definition) is 2. The van der Waals surface area contributed by atoms with E-state index in [0.29, 0.717) is 13.1 Å². The zero-order valence-electron chi connectivity index (χ0n) is 11.9. The molecule has 1 fully saturated rings. The van der Waals surface area contributed by atoms with Gasteiger partial charge in [0, 0.05) is 19.3 Å². The Kier molecular flexibility index (Phi) is 6.00. The van der Waals surface area contributed by atoms with Gasteiger partial charge >= 0.3 is 0 Å². The Morgan fingerprint density at radius 1 is 1.45 bits per heavy atom. The van der Waals surface area contributed by atoms with Crippen LogP contribution in [0.5, 0.6) is 0 Å². The second-order valence-corrected chi connectivity index (χ2v) is 7.14. The summed E-state index contributed by atoms with van der Waals surface area (Å²) in [7, 11) is -3.49. The Morgan fingerprint density at radius 3 is 2.65 bits per heavy atom. The first kappa shape index (κ1) is 17.4. The van der Waals surface area contributed by atoms with E-state index in [1.807, 2.05) is 6.92 Å². The van der Waals surface area contributed by atoms with Crippen LogP contribution < -0.4 is 10.0 Å². The maximum atomic E-state index is 12.1. The van der Waals surface area contributed by atoms with Gasteiger partial charge in [-0.1, -0.05) is 6.92 Å². The first-order valence-electron chi connectivity index (χ1n) is 6.67. The quantitative estimate of drug-likeness (QED) is 0.847. The van der Waals surface area contributed by atoms with Crippen LogP contribution in [0.3, 0.4) is 0 Å². The lowest BCUT2D eigenvalue weighted by atomic mass is 9.81. The molecule has 8 heteroatoms. The predicted molar refractivity (Wildman–Crippen MR) is 80.5 cm³/mol. The summed E-state index contributed by atoms with van der Waals surface area (Å²) in [6.07, 6.45) is 5.08. The zero-order chi connectivity index (χ0) is 13.9. The van der Waals surface area contributed by atoms with Crippen LogP contribution in [0.15, 0.2) is 17.6 Å². The van der Waals surface area contributed by atoms with E-state index in [1.54, 1.807) is 17.1 Å². The van der Waals surface area contributed by atoms with Crippen molar-refractivity contribution >= 4 is 22.4 Å². The van der Waals surface area contributed by atoms with Gasteiger partial charge in [0.1, 0.15) is 0 Å². The van der Waals surface area contributed by atoms with E-state index in [1.165, 1.54) is 0 Å². The first-order chi connectivity index (χ1) is 8.95. The molecule has 0 bridgehead atoms. The average Bonchev–Trinajstić information content (AvgIpc) is 2.87. The van der Waals surface area contributed by atoms with Crippen molar-refractivity contribution in [2.75, 3.05) is 19.6 Å². The van der Waals surface area contributed by atoms with Crippen molar-refractivity contribution in [3.8, 4) is 0 Å². The van der Waals surface area contributed by atoms with Gasteiger partial charge in [-0.2, -0.15) is 0 Å². The summed E-state index contributed by atoms with van der Waals surface area (Å²) >= 11 is 0. The molecule has 1 aromatic heterocycles. The zero-order valence-corrected chi connectivity index (χ0v) is 13.6. The molecule has 116 valence electrons. The van der Waals surface area contributed by atoms with Gasteiger partial charge in [-0.25, -0.2) is 18.1 Å². The molecule has 0 atom stereocenters. The number of rotatable bonds is 5. The number of nitrogens with one attached hydrogen (secondary N) is 2. The van der Waals surface area contributed by atoms with Gasteiger partial charge in [-0.3, -0.25) is 0 Å². The van der Waals surface area contributed by atoms with Crippen LogP contribution in [0.1, 0.15) is 26.7 Å². The molecule has 6 nitrogen and oxygen atoms in total. The fraction of sp³-hybridized carbons (Fsp3) is 0.750. The summed E-state index contributed by atoms with van der Waals surface area (Å²) in [6.45, 7) is 7.15. The van der Waals surface area contributed by atoms with Crippen LogP contribution in [0.25, 0.3) is 0 Å². The Bertz CT molecular complexity index is 523. The van der Waals surface area contributed by atoms with Crippen molar-refractivity contribution in [3.05, 3.63) is 12.5 Å². The molecular formula is C12H23ClN4O2S. The Balaban J connectivity index is 0.00000200. The summed E-state index contributed by atoms with van der Waals surface area (Å²) in [5.41, 5.74) is 0.0334. The molecule has 0 amide bonds. The molecule has 2 N–H and O–H groups in total. The van der Waals surface area contributed by atoms with Gasteiger partial charge in [-0.05, 0) is 38.3 Å². The molecule has 2 rings (SSSR count). The molecule has 20 heavy (non-hydrogen) atoms. The summed E-state index contributed by atoms with van der Waals surface area (Å²) in [4.78, 5) is 3.95. The number of nitrogens with zero attached hydrogens (tertiary/aromatic N) is 2. The Hall–Kier alpha value is -0.630. The highest BCUT2D eigenvalue weighted by Gasteiger charge is 2.29. The maximum Gasteiger partial charge on any atom is 0.259 e. The Labute approximate surface area is 126 Å². The highest BCUT2D eigenvalue weighted by molar-refractivity contribution is 7.89. The van der Waals surface area contributed by atoms with Crippen LogP contribution in [-0.4, -0.2) is 37.6 Å². The number of imidazole rings is 1. The van der Waals surface area contributed by atoms with Crippen molar-refractivity contribution < 1.29 is 8.42 Å². The average molecular weight is 323 g/mol. The number of aryl methyl sites for hydroxylation is 1. The molecule has 0 aromatic carbocycles. The molecule has 0 spiro atoms. The van der Waals surface area contributed by atoms with Crippen LogP contribution in [0, 0.1) is 5.41 Å². The molecule has 0 saturated carbocycles. The minimum Gasteiger partial charge on any atom is -0.336 e. The topological polar surface area (TPSA) is 76.0 Å². The molecule has 1 aliphatic heterocycles. The highest BCUT2D eigenvalue weighted by Crippen LogP contribution is 2.27. The van der Waals surface area contributed by atoms with Gasteiger partial charge in [-0.15, -0.1) is 12.4 Å². The Morgan fingerprint density at radius 2 is 2.10 bits per heavy atom. The van der Waals surface area contributed by atoms with Crippen molar-refractivity contribution in [1.29, 1.82) is 0 Å². The van der Waals surface area contributed by atoms with Gasteiger partial charge in [0.2, 0.25) is 0 Å². The summed E-state index contributed by atoms with van der Waals surface area (Å²) in [5, 5.41) is 3.39. The van der Waals surface area contributed by atoms with E-state index in [4.69, 9.17) is 0 Å². The third kappa shape index (κ3) is 4.18.